The van der Waals surface area contributed by atoms with Gasteiger partial charge in [0.15, 0.2) is 0 Å². The van der Waals surface area contributed by atoms with Crippen molar-refractivity contribution in [3.63, 3.8) is 0 Å². The van der Waals surface area contributed by atoms with E-state index in [1.54, 1.807) is 24.3 Å². The second kappa shape index (κ2) is 9.36. The maximum absolute atomic E-state index is 13.9. The lowest BCUT2D eigenvalue weighted by Crippen LogP contribution is -2.50. The largest absolute Gasteiger partial charge is 0.489 e. The Hall–Kier alpha value is -1.78. The second-order valence-corrected chi connectivity index (χ2v) is 8.99. The summed E-state index contributed by atoms with van der Waals surface area (Å²) in [5.74, 6) is -1.47. The number of aliphatic hydroxyl groups excluding tert-OH is 1. The Morgan fingerprint density at radius 2 is 1.79 bits per heavy atom. The average molecular weight is 447 g/mol. The zero-order valence-electron chi connectivity index (χ0n) is 15.5. The minimum atomic E-state index is -4.05. The molecule has 1 unspecified atom stereocenters. The van der Waals surface area contributed by atoms with Crippen LogP contribution >= 0.6 is 11.6 Å². The summed E-state index contributed by atoms with van der Waals surface area (Å²) in [7, 11) is -4.05. The second-order valence-electron chi connectivity index (χ2n) is 6.67. The summed E-state index contributed by atoms with van der Waals surface area (Å²) in [6.07, 6.45) is -0.788. The van der Waals surface area contributed by atoms with Crippen molar-refractivity contribution < 1.29 is 27.0 Å². The molecule has 0 aliphatic carbocycles. The van der Waals surface area contributed by atoms with Crippen molar-refractivity contribution in [3.8, 4) is 5.75 Å². The van der Waals surface area contributed by atoms with Crippen LogP contribution in [0.1, 0.15) is 0 Å². The lowest BCUT2D eigenvalue weighted by molar-refractivity contribution is 0.0569. The van der Waals surface area contributed by atoms with Gasteiger partial charge in [-0.2, -0.15) is 4.31 Å². The number of rotatable bonds is 7. The molecule has 0 spiro atoms. The summed E-state index contributed by atoms with van der Waals surface area (Å²) in [5, 5.41) is 10.6. The summed E-state index contributed by atoms with van der Waals surface area (Å²) in [6.45, 7) is 1.34. The van der Waals surface area contributed by atoms with Gasteiger partial charge in [-0.1, -0.05) is 23.7 Å². The van der Waals surface area contributed by atoms with Gasteiger partial charge < -0.3 is 9.84 Å². The molecule has 6 nitrogen and oxygen atoms in total. The first kappa shape index (κ1) is 21.9. The molecule has 1 heterocycles. The highest BCUT2D eigenvalue weighted by atomic mass is 35.5. The fourth-order valence-electron chi connectivity index (χ4n) is 3.07. The predicted octanol–water partition coefficient (Wildman–Crippen LogP) is 2.36. The van der Waals surface area contributed by atoms with Crippen LogP contribution in [0.5, 0.6) is 5.75 Å². The molecule has 158 valence electrons. The minimum absolute atomic E-state index is 0.0447. The lowest BCUT2D eigenvalue weighted by Gasteiger charge is -2.34. The van der Waals surface area contributed by atoms with Gasteiger partial charge in [-0.25, -0.2) is 17.2 Å². The molecule has 10 heteroatoms. The van der Waals surface area contributed by atoms with Crippen molar-refractivity contribution in [1.82, 2.24) is 9.21 Å². The highest BCUT2D eigenvalue weighted by Gasteiger charge is 2.31. The number of nitrogens with zero attached hydrogens (tertiary/aromatic N) is 2. The molecule has 1 aliphatic heterocycles. The zero-order valence-corrected chi connectivity index (χ0v) is 17.0. The molecular weight excluding hydrogens is 426 g/mol. The quantitative estimate of drug-likeness (QED) is 0.707. The van der Waals surface area contributed by atoms with Crippen molar-refractivity contribution in [2.24, 2.45) is 0 Å². The number of benzene rings is 2. The maximum atomic E-state index is 13.9. The van der Waals surface area contributed by atoms with E-state index in [0.29, 0.717) is 36.5 Å². The normalized spacial score (nSPS) is 17.2. The van der Waals surface area contributed by atoms with E-state index >= 15 is 0 Å². The third-order valence-corrected chi connectivity index (χ3v) is 6.82. The molecule has 1 atom stereocenters. The molecule has 0 saturated carbocycles. The van der Waals surface area contributed by atoms with Crippen LogP contribution in [0, 0.1) is 11.6 Å². The smallest absolute Gasteiger partial charge is 0.246 e. The fraction of sp³-hybridized carbons (Fsp3) is 0.368. The van der Waals surface area contributed by atoms with Crippen molar-refractivity contribution in [3.05, 3.63) is 59.1 Å². The van der Waals surface area contributed by atoms with Crippen LogP contribution in [0.25, 0.3) is 0 Å². The van der Waals surface area contributed by atoms with Gasteiger partial charge in [0.25, 0.3) is 0 Å². The van der Waals surface area contributed by atoms with Crippen LogP contribution in [0.2, 0.25) is 5.02 Å². The van der Waals surface area contributed by atoms with Crippen molar-refractivity contribution >= 4 is 21.6 Å². The van der Waals surface area contributed by atoms with Gasteiger partial charge in [0.05, 0.1) is 5.02 Å². The number of β-amino-alcohol motifs (C(OH)–C–C–N with tert-alkyl or cyclic N) is 1. The van der Waals surface area contributed by atoms with E-state index in [1.165, 1.54) is 0 Å². The van der Waals surface area contributed by atoms with Gasteiger partial charge in [-0.15, -0.1) is 0 Å². The van der Waals surface area contributed by atoms with E-state index in [9.17, 15) is 22.3 Å². The highest BCUT2D eigenvalue weighted by Crippen LogP contribution is 2.24. The fourth-order valence-corrected chi connectivity index (χ4v) is 4.73. The number of piperazine rings is 1. The molecule has 29 heavy (non-hydrogen) atoms. The molecule has 1 fully saturated rings. The number of hydrogen-bond donors (Lipinski definition) is 1. The van der Waals surface area contributed by atoms with Gasteiger partial charge in [-0.3, -0.25) is 4.90 Å². The molecule has 0 amide bonds. The van der Waals surface area contributed by atoms with Gasteiger partial charge in [0, 0.05) is 38.8 Å². The molecular formula is C19H21ClF2N2O4S. The third kappa shape index (κ3) is 5.43. The summed E-state index contributed by atoms with van der Waals surface area (Å²) in [4.78, 5) is 1.36. The number of hydrogen-bond acceptors (Lipinski definition) is 5. The Labute approximate surface area is 173 Å². The summed E-state index contributed by atoms with van der Waals surface area (Å²) < 4.78 is 58.8. The van der Waals surface area contributed by atoms with Crippen molar-refractivity contribution in [1.29, 1.82) is 0 Å². The minimum Gasteiger partial charge on any atom is -0.489 e. The monoisotopic (exact) mass is 446 g/mol. The van der Waals surface area contributed by atoms with Gasteiger partial charge in [-0.05, 0) is 24.3 Å². The Morgan fingerprint density at radius 3 is 2.45 bits per heavy atom. The van der Waals surface area contributed by atoms with Crippen LogP contribution in [0.3, 0.4) is 0 Å². The van der Waals surface area contributed by atoms with Gasteiger partial charge in [0.2, 0.25) is 10.0 Å². The van der Waals surface area contributed by atoms with E-state index in [4.69, 9.17) is 16.3 Å². The topological polar surface area (TPSA) is 70.1 Å². The third-order valence-electron chi connectivity index (χ3n) is 4.58. The van der Waals surface area contributed by atoms with Gasteiger partial charge in [0.1, 0.15) is 35.0 Å². The molecule has 0 aromatic heterocycles. The Bertz CT molecular complexity index is 953. The number of ether oxygens (including phenoxy) is 1. The number of sulfonamides is 1. The van der Waals surface area contributed by atoms with Crippen molar-refractivity contribution in [2.45, 2.75) is 11.0 Å². The first-order valence-corrected chi connectivity index (χ1v) is 10.8. The van der Waals surface area contributed by atoms with Crippen molar-refractivity contribution in [2.75, 3.05) is 39.3 Å². The van der Waals surface area contributed by atoms with E-state index in [1.807, 2.05) is 4.90 Å². The van der Waals surface area contributed by atoms with E-state index < -0.39 is 32.7 Å². The lowest BCUT2D eigenvalue weighted by atomic mass is 10.3. The summed E-state index contributed by atoms with van der Waals surface area (Å²) in [6, 6.07) is 9.34. The average Bonchev–Trinajstić information content (AvgIpc) is 2.67. The van der Waals surface area contributed by atoms with Crippen LogP contribution in [0.15, 0.2) is 47.4 Å². The molecule has 0 radical (unpaired) electrons. The maximum Gasteiger partial charge on any atom is 0.246 e. The molecule has 0 bridgehead atoms. The van der Waals surface area contributed by atoms with Gasteiger partial charge >= 0.3 is 0 Å². The first-order valence-electron chi connectivity index (χ1n) is 9.00. The molecule has 1 N–H and O–H groups in total. The standard InChI is InChI=1S/C19H21ClF2N2O4S/c20-16-3-1-2-4-18(16)28-13-15(25)12-23-7-9-24(10-8-23)29(26,27)19-6-5-14(21)11-17(19)22/h1-6,11,15,25H,7-10,12-13H2. The Morgan fingerprint density at radius 1 is 1.10 bits per heavy atom. The zero-order chi connectivity index (χ0) is 21.0. The number of para-hydroxylation sites is 1. The number of aliphatic hydroxyl groups is 1. The first-order chi connectivity index (χ1) is 13.8. The Balaban J connectivity index is 1.51. The molecule has 1 aliphatic rings. The molecule has 1 saturated heterocycles. The van der Waals surface area contributed by atoms with E-state index in [-0.39, 0.29) is 19.7 Å². The van der Waals surface area contributed by atoms with E-state index in [2.05, 4.69) is 0 Å². The molecule has 2 aromatic carbocycles. The van der Waals surface area contributed by atoms with E-state index in [0.717, 1.165) is 16.4 Å². The SMILES string of the molecule is O=S(=O)(c1ccc(F)cc1F)N1CCN(CC(O)COc2ccccc2Cl)CC1. The Kier molecular flexibility index (Phi) is 7.07. The summed E-state index contributed by atoms with van der Waals surface area (Å²) in [5.41, 5.74) is 0. The highest BCUT2D eigenvalue weighted by molar-refractivity contribution is 7.89. The van der Waals surface area contributed by atoms with Crippen LogP contribution in [-0.2, 0) is 10.0 Å². The van der Waals surface area contributed by atoms with Crippen LogP contribution in [0.4, 0.5) is 8.78 Å². The predicted molar refractivity (Wildman–Crippen MR) is 105 cm³/mol. The van der Waals surface area contributed by atoms with Crippen LogP contribution < -0.4 is 4.74 Å². The summed E-state index contributed by atoms with van der Waals surface area (Å²) >= 11 is 6.00. The molecule has 3 rings (SSSR count). The van der Waals surface area contributed by atoms with Crippen LogP contribution in [-0.4, -0.2) is 68.2 Å². The number of halogens is 3. The molecule has 2 aromatic rings.